The number of rotatable bonds is 2. The summed E-state index contributed by atoms with van der Waals surface area (Å²) in [5.41, 5.74) is 1.56. The van der Waals surface area contributed by atoms with Gasteiger partial charge in [-0.2, -0.15) is 0 Å². The molecule has 0 aromatic carbocycles. The summed E-state index contributed by atoms with van der Waals surface area (Å²) in [4.78, 5) is 29.2. The lowest BCUT2D eigenvalue weighted by Gasteiger charge is -2.29. The second-order valence-electron chi connectivity index (χ2n) is 6.02. The van der Waals surface area contributed by atoms with Crippen molar-refractivity contribution in [1.82, 2.24) is 24.7 Å². The first kappa shape index (κ1) is 13.2. The molecule has 8 heteroatoms. The van der Waals surface area contributed by atoms with E-state index in [0.29, 0.717) is 28.1 Å². The van der Waals surface area contributed by atoms with Gasteiger partial charge in [0.15, 0.2) is 11.3 Å². The lowest BCUT2D eigenvalue weighted by Crippen LogP contribution is -2.29. The van der Waals surface area contributed by atoms with Crippen molar-refractivity contribution in [1.29, 1.82) is 0 Å². The molecule has 3 aromatic heterocycles. The Morgan fingerprint density at radius 2 is 2.05 bits per heavy atom. The first-order chi connectivity index (χ1) is 10.7. The molecule has 0 bridgehead atoms. The van der Waals surface area contributed by atoms with E-state index in [4.69, 9.17) is 0 Å². The van der Waals surface area contributed by atoms with Crippen molar-refractivity contribution in [3.63, 3.8) is 0 Å². The molecule has 22 heavy (non-hydrogen) atoms. The van der Waals surface area contributed by atoms with Gasteiger partial charge in [-0.15, -0.1) is 15.1 Å². The summed E-state index contributed by atoms with van der Waals surface area (Å²) in [6.45, 7) is 2.16. The fourth-order valence-corrected chi connectivity index (χ4v) is 3.63. The van der Waals surface area contributed by atoms with Crippen LogP contribution < -0.4 is 5.69 Å². The van der Waals surface area contributed by atoms with Crippen molar-refractivity contribution < 1.29 is 0 Å². The van der Waals surface area contributed by atoms with Crippen molar-refractivity contribution in [3.05, 3.63) is 21.6 Å². The van der Waals surface area contributed by atoms with Gasteiger partial charge in [-0.25, -0.2) is 4.79 Å². The van der Waals surface area contributed by atoms with Crippen LogP contribution in [0.15, 0.2) is 16.2 Å². The number of nitroso groups, excluding NO2 is 1. The highest BCUT2D eigenvalue weighted by Gasteiger charge is 2.28. The summed E-state index contributed by atoms with van der Waals surface area (Å²) in [5, 5.41) is 11.7. The maximum atomic E-state index is 12.5. The predicted octanol–water partition coefficient (Wildman–Crippen LogP) is 2.75. The van der Waals surface area contributed by atoms with Crippen LogP contribution in [0, 0.1) is 10.8 Å². The first-order valence-electron chi connectivity index (χ1n) is 7.52. The molecule has 0 radical (unpaired) electrons. The molecule has 3 heterocycles. The van der Waals surface area contributed by atoms with Crippen LogP contribution >= 0.6 is 0 Å². The zero-order chi connectivity index (χ0) is 15.3. The number of nitrogens with one attached hydrogen (secondary N) is 2. The van der Waals surface area contributed by atoms with Gasteiger partial charge >= 0.3 is 5.69 Å². The Bertz CT molecular complexity index is 921. The molecule has 2 atom stereocenters. The van der Waals surface area contributed by atoms with E-state index in [0.717, 1.165) is 19.3 Å². The van der Waals surface area contributed by atoms with Crippen LogP contribution in [0.5, 0.6) is 0 Å². The second kappa shape index (κ2) is 4.75. The van der Waals surface area contributed by atoms with Crippen molar-refractivity contribution in [3.8, 4) is 0 Å². The molecule has 0 spiro atoms. The van der Waals surface area contributed by atoms with Crippen LogP contribution in [-0.4, -0.2) is 24.7 Å². The van der Waals surface area contributed by atoms with Gasteiger partial charge < -0.3 is 4.98 Å². The van der Waals surface area contributed by atoms with Crippen LogP contribution in [0.3, 0.4) is 0 Å². The Morgan fingerprint density at radius 3 is 2.82 bits per heavy atom. The molecule has 3 aromatic rings. The maximum absolute atomic E-state index is 12.5. The average molecular weight is 300 g/mol. The minimum atomic E-state index is -0.200. The van der Waals surface area contributed by atoms with E-state index in [1.165, 1.54) is 12.6 Å². The van der Waals surface area contributed by atoms with Crippen molar-refractivity contribution in [2.75, 3.05) is 0 Å². The smallest absolute Gasteiger partial charge is 0.328 e. The van der Waals surface area contributed by atoms with Gasteiger partial charge in [0.2, 0.25) is 0 Å². The van der Waals surface area contributed by atoms with Gasteiger partial charge in [-0.05, 0) is 23.9 Å². The summed E-state index contributed by atoms with van der Waals surface area (Å²) in [5.74, 6) is 0.403. The SMILES string of the molecule is CC1CCCCC1n1c(=O)[nH]c2nnc3[nH]cc(N=O)c3c21. The van der Waals surface area contributed by atoms with Crippen LogP contribution in [-0.2, 0) is 0 Å². The van der Waals surface area contributed by atoms with E-state index in [2.05, 4.69) is 32.3 Å². The molecular weight excluding hydrogens is 284 g/mol. The number of nitrogens with zero attached hydrogens (tertiary/aromatic N) is 4. The van der Waals surface area contributed by atoms with Crippen LogP contribution in [0.4, 0.5) is 5.69 Å². The largest absolute Gasteiger partial charge is 0.342 e. The van der Waals surface area contributed by atoms with Gasteiger partial charge in [0.05, 0.1) is 5.39 Å². The third-order valence-corrected chi connectivity index (χ3v) is 4.73. The summed E-state index contributed by atoms with van der Waals surface area (Å²) >= 11 is 0. The van der Waals surface area contributed by atoms with Gasteiger partial charge in [0, 0.05) is 12.2 Å². The van der Waals surface area contributed by atoms with Crippen molar-refractivity contribution >= 4 is 27.9 Å². The van der Waals surface area contributed by atoms with Gasteiger partial charge in [0.1, 0.15) is 11.2 Å². The molecule has 0 amide bonds. The lowest BCUT2D eigenvalue weighted by atomic mass is 9.85. The zero-order valence-electron chi connectivity index (χ0n) is 12.2. The monoisotopic (exact) mass is 300 g/mol. The Kier molecular flexibility index (Phi) is 2.85. The summed E-state index contributed by atoms with van der Waals surface area (Å²) in [6.07, 6.45) is 5.83. The van der Waals surface area contributed by atoms with E-state index in [1.807, 2.05) is 0 Å². The summed E-state index contributed by atoms with van der Waals surface area (Å²) in [7, 11) is 0. The Labute approximate surface area is 124 Å². The number of aromatic amines is 2. The normalized spacial score (nSPS) is 22.4. The molecule has 1 saturated carbocycles. The zero-order valence-corrected chi connectivity index (χ0v) is 12.2. The number of hydrogen-bond acceptors (Lipinski definition) is 5. The number of imidazole rings is 1. The van der Waals surface area contributed by atoms with Gasteiger partial charge in [-0.3, -0.25) is 9.55 Å². The molecule has 1 fully saturated rings. The number of H-pyrrole nitrogens is 2. The standard InChI is InChI=1S/C14H16N6O2/c1-7-4-2-3-5-9(7)20-11-10-8(19-22)6-15-12(10)17-18-13(11)16-14(20)21/h6-7,9H,2-5H2,1H3,(H,15,17)(H,16,18,21). The third kappa shape index (κ3) is 1.73. The van der Waals surface area contributed by atoms with Crippen LogP contribution in [0.1, 0.15) is 38.6 Å². The fourth-order valence-electron chi connectivity index (χ4n) is 3.63. The molecule has 1 aliphatic carbocycles. The third-order valence-electron chi connectivity index (χ3n) is 4.73. The quantitative estimate of drug-likeness (QED) is 0.709. The molecule has 2 unspecified atom stereocenters. The minimum Gasteiger partial charge on any atom is -0.342 e. The number of aromatic nitrogens is 5. The molecule has 4 rings (SSSR count). The molecule has 0 aliphatic heterocycles. The second-order valence-corrected chi connectivity index (χ2v) is 6.02. The topological polar surface area (TPSA) is 109 Å². The van der Waals surface area contributed by atoms with Gasteiger partial charge in [-0.1, -0.05) is 19.8 Å². The maximum Gasteiger partial charge on any atom is 0.328 e. The Balaban J connectivity index is 2.08. The summed E-state index contributed by atoms with van der Waals surface area (Å²) in [6, 6.07) is 0.108. The number of fused-ring (bicyclic) bond motifs is 3. The Hall–Kier alpha value is -2.51. The highest BCUT2D eigenvalue weighted by molar-refractivity contribution is 6.06. The summed E-state index contributed by atoms with van der Waals surface area (Å²) < 4.78 is 1.75. The minimum absolute atomic E-state index is 0.108. The molecular formula is C14H16N6O2. The van der Waals surface area contributed by atoms with Crippen molar-refractivity contribution in [2.45, 2.75) is 38.6 Å². The lowest BCUT2D eigenvalue weighted by molar-refractivity contribution is 0.258. The predicted molar refractivity (Wildman–Crippen MR) is 82.1 cm³/mol. The molecule has 114 valence electrons. The fraction of sp³-hybridized carbons (Fsp3) is 0.500. The van der Waals surface area contributed by atoms with Crippen molar-refractivity contribution in [2.24, 2.45) is 11.1 Å². The van der Waals surface area contributed by atoms with Crippen LogP contribution in [0.25, 0.3) is 22.2 Å². The molecule has 1 aliphatic rings. The van der Waals surface area contributed by atoms with E-state index in [1.54, 1.807) is 4.57 Å². The van der Waals surface area contributed by atoms with Gasteiger partial charge in [0.25, 0.3) is 0 Å². The highest BCUT2D eigenvalue weighted by atomic mass is 16.3. The Morgan fingerprint density at radius 1 is 1.27 bits per heavy atom. The van der Waals surface area contributed by atoms with E-state index in [9.17, 15) is 9.70 Å². The van der Waals surface area contributed by atoms with E-state index >= 15 is 0 Å². The van der Waals surface area contributed by atoms with Crippen LogP contribution in [0.2, 0.25) is 0 Å². The highest BCUT2D eigenvalue weighted by Crippen LogP contribution is 2.37. The van der Waals surface area contributed by atoms with E-state index < -0.39 is 0 Å². The first-order valence-corrected chi connectivity index (χ1v) is 7.52. The average Bonchev–Trinajstić information content (AvgIpc) is 3.07. The number of hydrogen-bond donors (Lipinski definition) is 2. The molecule has 8 nitrogen and oxygen atoms in total. The molecule has 2 N–H and O–H groups in total. The van der Waals surface area contributed by atoms with E-state index in [-0.39, 0.29) is 17.4 Å². The molecule has 0 saturated heterocycles.